The van der Waals surface area contributed by atoms with Gasteiger partial charge in [0.05, 0.1) is 6.10 Å². The Kier molecular flexibility index (Phi) is 8.76. The average Bonchev–Trinajstić information content (AvgIpc) is 2.56. The van der Waals surface area contributed by atoms with Crippen LogP contribution >= 0.6 is 12.4 Å². The SMILES string of the molecule is CC[C@@H](CCc1ccc(O)cc1)NC[C@H](O)c1ccccc1F.Cl. The van der Waals surface area contributed by atoms with Crippen LogP contribution in [0.5, 0.6) is 5.75 Å². The van der Waals surface area contributed by atoms with Crippen molar-refractivity contribution in [2.24, 2.45) is 0 Å². The zero-order valence-electron chi connectivity index (χ0n) is 13.8. The number of aromatic hydroxyl groups is 1. The molecule has 3 N–H and O–H groups in total. The summed E-state index contributed by atoms with van der Waals surface area (Å²) in [6.07, 6.45) is 1.90. The molecule has 0 aliphatic heterocycles. The van der Waals surface area contributed by atoms with Crippen molar-refractivity contribution in [3.05, 3.63) is 65.5 Å². The molecule has 132 valence electrons. The van der Waals surface area contributed by atoms with Crippen LogP contribution in [0.2, 0.25) is 0 Å². The van der Waals surface area contributed by atoms with E-state index in [4.69, 9.17) is 0 Å². The van der Waals surface area contributed by atoms with Gasteiger partial charge in [0.1, 0.15) is 11.6 Å². The molecule has 0 unspecified atom stereocenters. The maximum absolute atomic E-state index is 13.6. The lowest BCUT2D eigenvalue weighted by Gasteiger charge is -2.20. The van der Waals surface area contributed by atoms with Gasteiger partial charge in [-0.2, -0.15) is 0 Å². The standard InChI is InChI=1S/C19H24FNO2.ClH/c1-2-15(10-7-14-8-11-16(22)12-9-14)21-13-19(23)17-5-3-4-6-18(17)20;/h3-6,8-9,11-12,15,19,21-23H,2,7,10,13H2,1H3;1H/t15-,19-;/m0./s1. The molecule has 0 aliphatic rings. The summed E-state index contributed by atoms with van der Waals surface area (Å²) >= 11 is 0. The van der Waals surface area contributed by atoms with Crippen molar-refractivity contribution in [3.63, 3.8) is 0 Å². The van der Waals surface area contributed by atoms with E-state index in [-0.39, 0.29) is 30.0 Å². The first-order valence-corrected chi connectivity index (χ1v) is 8.04. The molecular weight excluding hydrogens is 329 g/mol. The predicted molar refractivity (Wildman–Crippen MR) is 97.1 cm³/mol. The number of phenols is 1. The molecule has 0 saturated heterocycles. The molecule has 3 nitrogen and oxygen atoms in total. The van der Waals surface area contributed by atoms with Crippen molar-refractivity contribution < 1.29 is 14.6 Å². The lowest BCUT2D eigenvalue weighted by molar-refractivity contribution is 0.164. The summed E-state index contributed by atoms with van der Waals surface area (Å²) in [4.78, 5) is 0. The van der Waals surface area contributed by atoms with E-state index in [1.807, 2.05) is 12.1 Å². The normalized spacial score (nSPS) is 13.1. The monoisotopic (exact) mass is 353 g/mol. The lowest BCUT2D eigenvalue weighted by atomic mass is 10.0. The van der Waals surface area contributed by atoms with Gasteiger partial charge in [-0.05, 0) is 43.0 Å². The zero-order valence-corrected chi connectivity index (χ0v) is 14.6. The molecule has 0 aromatic heterocycles. The summed E-state index contributed by atoms with van der Waals surface area (Å²) in [5.74, 6) is -0.106. The maximum atomic E-state index is 13.6. The fraction of sp³-hybridized carbons (Fsp3) is 0.368. The Morgan fingerprint density at radius 2 is 1.75 bits per heavy atom. The van der Waals surface area contributed by atoms with E-state index in [0.29, 0.717) is 12.1 Å². The van der Waals surface area contributed by atoms with Crippen LogP contribution in [0.3, 0.4) is 0 Å². The Labute approximate surface area is 149 Å². The Bertz CT molecular complexity index is 607. The van der Waals surface area contributed by atoms with Gasteiger partial charge in [0.15, 0.2) is 0 Å². The van der Waals surface area contributed by atoms with Gasteiger partial charge in [0.25, 0.3) is 0 Å². The Balaban J connectivity index is 0.00000288. The minimum absolute atomic E-state index is 0. The summed E-state index contributed by atoms with van der Waals surface area (Å²) in [5, 5.41) is 22.7. The van der Waals surface area contributed by atoms with E-state index < -0.39 is 6.10 Å². The van der Waals surface area contributed by atoms with Crippen molar-refractivity contribution >= 4 is 12.4 Å². The molecular formula is C19H25ClFNO2. The van der Waals surface area contributed by atoms with Gasteiger partial charge < -0.3 is 15.5 Å². The van der Waals surface area contributed by atoms with Crippen LogP contribution in [0, 0.1) is 5.82 Å². The Morgan fingerprint density at radius 3 is 2.38 bits per heavy atom. The van der Waals surface area contributed by atoms with E-state index in [1.165, 1.54) is 6.07 Å². The van der Waals surface area contributed by atoms with Crippen molar-refractivity contribution in [3.8, 4) is 5.75 Å². The number of aryl methyl sites for hydroxylation is 1. The second-order valence-electron chi connectivity index (χ2n) is 5.76. The van der Waals surface area contributed by atoms with E-state index in [2.05, 4.69) is 12.2 Å². The number of aliphatic hydroxyl groups excluding tert-OH is 1. The molecule has 2 atom stereocenters. The molecule has 0 fully saturated rings. The quantitative estimate of drug-likeness (QED) is 0.672. The Hall–Kier alpha value is -1.62. The molecule has 24 heavy (non-hydrogen) atoms. The van der Waals surface area contributed by atoms with Gasteiger partial charge in [-0.25, -0.2) is 4.39 Å². The van der Waals surface area contributed by atoms with E-state index in [1.54, 1.807) is 30.3 Å². The number of phenolic OH excluding ortho intramolecular Hbond substituents is 1. The number of rotatable bonds is 8. The highest BCUT2D eigenvalue weighted by Crippen LogP contribution is 2.17. The zero-order chi connectivity index (χ0) is 16.7. The minimum atomic E-state index is -0.848. The third-order valence-electron chi connectivity index (χ3n) is 4.07. The van der Waals surface area contributed by atoms with Crippen LogP contribution in [0.25, 0.3) is 0 Å². The fourth-order valence-electron chi connectivity index (χ4n) is 2.59. The largest absolute Gasteiger partial charge is 0.508 e. The maximum Gasteiger partial charge on any atom is 0.129 e. The number of nitrogens with one attached hydrogen (secondary N) is 1. The summed E-state index contributed by atoms with van der Waals surface area (Å²) in [7, 11) is 0. The van der Waals surface area contributed by atoms with Gasteiger partial charge in [-0.15, -0.1) is 12.4 Å². The number of benzene rings is 2. The molecule has 0 radical (unpaired) electrons. The van der Waals surface area contributed by atoms with Crippen LogP contribution in [0.15, 0.2) is 48.5 Å². The average molecular weight is 354 g/mol. The van der Waals surface area contributed by atoms with Crippen LogP contribution < -0.4 is 5.32 Å². The van der Waals surface area contributed by atoms with E-state index >= 15 is 0 Å². The van der Waals surface area contributed by atoms with Crippen LogP contribution in [0.1, 0.15) is 37.0 Å². The molecule has 0 saturated carbocycles. The molecule has 0 heterocycles. The highest BCUT2D eigenvalue weighted by Gasteiger charge is 2.14. The van der Waals surface area contributed by atoms with E-state index in [0.717, 1.165) is 24.8 Å². The third kappa shape index (κ3) is 6.11. The third-order valence-corrected chi connectivity index (χ3v) is 4.07. The predicted octanol–water partition coefficient (Wildman–Crippen LogP) is 3.99. The number of aliphatic hydroxyl groups is 1. The molecule has 2 aromatic rings. The molecule has 2 rings (SSSR count). The molecule has 5 heteroatoms. The molecule has 2 aromatic carbocycles. The molecule has 0 bridgehead atoms. The highest BCUT2D eigenvalue weighted by atomic mass is 35.5. The molecule has 0 amide bonds. The minimum Gasteiger partial charge on any atom is -0.508 e. The van der Waals surface area contributed by atoms with Crippen LogP contribution in [-0.2, 0) is 6.42 Å². The van der Waals surface area contributed by atoms with Crippen molar-refractivity contribution in [1.82, 2.24) is 5.32 Å². The Morgan fingerprint density at radius 1 is 1.08 bits per heavy atom. The number of hydrogen-bond donors (Lipinski definition) is 3. The first-order valence-electron chi connectivity index (χ1n) is 8.04. The summed E-state index contributed by atoms with van der Waals surface area (Å²) < 4.78 is 13.6. The topological polar surface area (TPSA) is 52.5 Å². The first-order chi connectivity index (χ1) is 11.1. The van der Waals surface area contributed by atoms with Gasteiger partial charge >= 0.3 is 0 Å². The van der Waals surface area contributed by atoms with Crippen LogP contribution in [0.4, 0.5) is 4.39 Å². The smallest absolute Gasteiger partial charge is 0.129 e. The summed E-state index contributed by atoms with van der Waals surface area (Å²) in [6.45, 7) is 2.42. The van der Waals surface area contributed by atoms with Gasteiger partial charge in [-0.3, -0.25) is 0 Å². The van der Waals surface area contributed by atoms with Crippen LogP contribution in [-0.4, -0.2) is 22.8 Å². The van der Waals surface area contributed by atoms with Crippen molar-refractivity contribution in [2.75, 3.05) is 6.54 Å². The van der Waals surface area contributed by atoms with Gasteiger partial charge in [0, 0.05) is 18.2 Å². The van der Waals surface area contributed by atoms with Gasteiger partial charge in [0.2, 0.25) is 0 Å². The van der Waals surface area contributed by atoms with E-state index in [9.17, 15) is 14.6 Å². The van der Waals surface area contributed by atoms with Crippen molar-refractivity contribution in [2.45, 2.75) is 38.3 Å². The highest BCUT2D eigenvalue weighted by molar-refractivity contribution is 5.85. The first kappa shape index (κ1) is 20.4. The second-order valence-corrected chi connectivity index (χ2v) is 5.76. The summed E-state index contributed by atoms with van der Waals surface area (Å²) in [6, 6.07) is 13.8. The second kappa shape index (κ2) is 10.3. The number of halogens is 2. The van der Waals surface area contributed by atoms with Crippen molar-refractivity contribution in [1.29, 1.82) is 0 Å². The number of hydrogen-bond acceptors (Lipinski definition) is 3. The molecule has 0 spiro atoms. The fourth-order valence-corrected chi connectivity index (χ4v) is 2.59. The molecule has 0 aliphatic carbocycles. The van der Waals surface area contributed by atoms with Gasteiger partial charge in [-0.1, -0.05) is 37.3 Å². The summed E-state index contributed by atoms with van der Waals surface area (Å²) in [5.41, 5.74) is 1.49. The lowest BCUT2D eigenvalue weighted by Crippen LogP contribution is -2.33.